The van der Waals surface area contributed by atoms with Crippen molar-refractivity contribution < 1.29 is 4.39 Å². The normalized spacial score (nSPS) is 12.7. The van der Waals surface area contributed by atoms with E-state index in [2.05, 4.69) is 26.5 Å². The van der Waals surface area contributed by atoms with E-state index in [4.69, 9.17) is 5.84 Å². The molecule has 18 heavy (non-hydrogen) atoms. The van der Waals surface area contributed by atoms with Gasteiger partial charge >= 0.3 is 0 Å². The van der Waals surface area contributed by atoms with Gasteiger partial charge in [-0.1, -0.05) is 15.9 Å². The summed E-state index contributed by atoms with van der Waals surface area (Å²) < 4.78 is 16.3. The highest BCUT2D eigenvalue weighted by Crippen LogP contribution is 2.23. The van der Waals surface area contributed by atoms with E-state index >= 15 is 0 Å². The minimum absolute atomic E-state index is 0.280. The van der Waals surface area contributed by atoms with Crippen LogP contribution in [0.15, 0.2) is 34.9 Å². The Morgan fingerprint density at radius 1 is 1.50 bits per heavy atom. The van der Waals surface area contributed by atoms with Crippen LogP contribution in [0, 0.1) is 5.82 Å². The molecule has 1 aromatic carbocycles. The first-order valence-electron chi connectivity index (χ1n) is 5.49. The average Bonchev–Trinajstić information content (AvgIpc) is 2.75. The van der Waals surface area contributed by atoms with Gasteiger partial charge < -0.3 is 0 Å². The highest BCUT2D eigenvalue weighted by Gasteiger charge is 2.16. The van der Waals surface area contributed by atoms with Gasteiger partial charge in [0, 0.05) is 29.7 Å². The number of rotatable bonds is 4. The summed E-state index contributed by atoms with van der Waals surface area (Å²) in [4.78, 5) is 0. The molecule has 1 unspecified atom stereocenters. The Balaban J connectivity index is 2.25. The Labute approximate surface area is 113 Å². The molecule has 4 nitrogen and oxygen atoms in total. The number of nitrogens with zero attached hydrogens (tertiary/aromatic N) is 2. The number of nitrogens with two attached hydrogens (primary N) is 1. The van der Waals surface area contributed by atoms with Crippen LogP contribution in [0.3, 0.4) is 0 Å². The minimum Gasteiger partial charge on any atom is -0.276 e. The fraction of sp³-hybridized carbons (Fsp3) is 0.250. The molecule has 1 atom stereocenters. The largest absolute Gasteiger partial charge is 0.276 e. The molecule has 1 aromatic heterocycles. The van der Waals surface area contributed by atoms with E-state index in [0.29, 0.717) is 12.0 Å². The number of aromatic nitrogens is 2. The molecule has 6 heteroatoms. The van der Waals surface area contributed by atoms with Crippen LogP contribution in [0.1, 0.15) is 17.3 Å². The predicted octanol–water partition coefficient (Wildman–Crippen LogP) is 2.07. The zero-order valence-electron chi connectivity index (χ0n) is 9.90. The van der Waals surface area contributed by atoms with Gasteiger partial charge in [0.05, 0.1) is 11.7 Å². The van der Waals surface area contributed by atoms with E-state index in [1.807, 2.05) is 19.3 Å². The molecule has 0 aliphatic carbocycles. The number of aryl methyl sites for hydroxylation is 1. The molecule has 2 rings (SSSR count). The maximum atomic E-state index is 13.8. The van der Waals surface area contributed by atoms with Crippen LogP contribution in [0.25, 0.3) is 0 Å². The Hall–Kier alpha value is -1.24. The van der Waals surface area contributed by atoms with E-state index in [1.54, 1.807) is 16.8 Å². The van der Waals surface area contributed by atoms with Gasteiger partial charge in [-0.25, -0.2) is 4.39 Å². The molecule has 1 heterocycles. The van der Waals surface area contributed by atoms with E-state index in [0.717, 1.165) is 10.2 Å². The molecule has 0 aliphatic rings. The van der Waals surface area contributed by atoms with Crippen molar-refractivity contribution >= 4 is 15.9 Å². The molecule has 0 aliphatic heterocycles. The lowest BCUT2D eigenvalue weighted by Crippen LogP contribution is -2.30. The molecule has 96 valence electrons. The van der Waals surface area contributed by atoms with E-state index in [9.17, 15) is 4.39 Å². The van der Waals surface area contributed by atoms with Crippen LogP contribution in [0.4, 0.5) is 4.39 Å². The number of hydrazine groups is 1. The number of halogens is 2. The highest BCUT2D eigenvalue weighted by atomic mass is 79.9. The van der Waals surface area contributed by atoms with Crippen molar-refractivity contribution in [2.75, 3.05) is 0 Å². The summed E-state index contributed by atoms with van der Waals surface area (Å²) in [7, 11) is 1.84. The van der Waals surface area contributed by atoms with Crippen LogP contribution in [0.2, 0.25) is 0 Å². The molecular weight excluding hydrogens is 299 g/mol. The second kappa shape index (κ2) is 5.60. The first kappa shape index (κ1) is 13.2. The Kier molecular flexibility index (Phi) is 4.11. The minimum atomic E-state index is -0.308. The number of hydrogen-bond donors (Lipinski definition) is 2. The molecule has 0 amide bonds. The molecule has 0 fully saturated rings. The average molecular weight is 313 g/mol. The van der Waals surface area contributed by atoms with Crippen molar-refractivity contribution in [3.8, 4) is 0 Å². The second-order valence-electron chi connectivity index (χ2n) is 4.07. The maximum absolute atomic E-state index is 13.8. The second-order valence-corrected chi connectivity index (χ2v) is 4.99. The molecule has 2 aromatic rings. The first-order valence-corrected chi connectivity index (χ1v) is 6.29. The third-order valence-corrected chi connectivity index (χ3v) is 3.21. The van der Waals surface area contributed by atoms with Gasteiger partial charge in [0.15, 0.2) is 0 Å². The molecule has 3 N–H and O–H groups in total. The van der Waals surface area contributed by atoms with Crippen LogP contribution in [-0.2, 0) is 13.5 Å². The lowest BCUT2D eigenvalue weighted by atomic mass is 10.0. The SMILES string of the molecule is Cn1ccc(CC(NN)c2cc(Br)ccc2F)n1. The van der Waals surface area contributed by atoms with Crippen LogP contribution >= 0.6 is 15.9 Å². The van der Waals surface area contributed by atoms with Gasteiger partial charge in [-0.2, -0.15) is 5.10 Å². The lowest BCUT2D eigenvalue weighted by molar-refractivity contribution is 0.504. The zero-order chi connectivity index (χ0) is 13.1. The van der Waals surface area contributed by atoms with Gasteiger partial charge in [0.1, 0.15) is 5.82 Å². The molecular formula is C12H14BrFN4. The Morgan fingerprint density at radius 3 is 2.89 bits per heavy atom. The number of nitrogens with one attached hydrogen (secondary N) is 1. The fourth-order valence-corrected chi connectivity index (χ4v) is 2.20. The molecule has 0 saturated heterocycles. The first-order chi connectivity index (χ1) is 8.60. The topological polar surface area (TPSA) is 55.9 Å². The Morgan fingerprint density at radius 2 is 2.28 bits per heavy atom. The number of benzene rings is 1. The molecule has 0 radical (unpaired) electrons. The van der Waals surface area contributed by atoms with Crippen molar-refractivity contribution in [2.45, 2.75) is 12.5 Å². The van der Waals surface area contributed by atoms with Gasteiger partial charge in [-0.3, -0.25) is 16.0 Å². The third kappa shape index (κ3) is 2.95. The maximum Gasteiger partial charge on any atom is 0.128 e. The fourth-order valence-electron chi connectivity index (χ4n) is 1.82. The summed E-state index contributed by atoms with van der Waals surface area (Å²) in [5.74, 6) is 5.23. The van der Waals surface area contributed by atoms with Gasteiger partial charge in [0.25, 0.3) is 0 Å². The summed E-state index contributed by atoms with van der Waals surface area (Å²) in [6.07, 6.45) is 2.38. The quantitative estimate of drug-likeness (QED) is 0.671. The lowest BCUT2D eigenvalue weighted by Gasteiger charge is -2.16. The van der Waals surface area contributed by atoms with Crippen LogP contribution in [-0.4, -0.2) is 9.78 Å². The van der Waals surface area contributed by atoms with Crippen molar-refractivity contribution in [1.29, 1.82) is 0 Å². The van der Waals surface area contributed by atoms with Crippen molar-refractivity contribution in [3.05, 3.63) is 52.0 Å². The van der Waals surface area contributed by atoms with E-state index in [-0.39, 0.29) is 11.9 Å². The number of hydrogen-bond acceptors (Lipinski definition) is 3. The summed E-state index contributed by atoms with van der Waals surface area (Å²) in [5.41, 5.74) is 4.02. The zero-order valence-corrected chi connectivity index (χ0v) is 11.5. The van der Waals surface area contributed by atoms with Crippen LogP contribution in [0.5, 0.6) is 0 Å². The standard InChI is InChI=1S/C12H14BrFN4/c1-18-5-4-9(17-18)7-12(16-15)10-6-8(13)2-3-11(10)14/h2-6,12,16H,7,15H2,1H3. The summed E-state index contributed by atoms with van der Waals surface area (Å²) in [5, 5.41) is 4.26. The predicted molar refractivity (Wildman–Crippen MR) is 71.1 cm³/mol. The monoisotopic (exact) mass is 312 g/mol. The summed E-state index contributed by atoms with van der Waals surface area (Å²) in [6.45, 7) is 0. The smallest absolute Gasteiger partial charge is 0.128 e. The van der Waals surface area contributed by atoms with Crippen molar-refractivity contribution in [2.24, 2.45) is 12.9 Å². The third-order valence-electron chi connectivity index (χ3n) is 2.72. The molecule has 0 spiro atoms. The summed E-state index contributed by atoms with van der Waals surface area (Å²) in [6, 6.07) is 6.38. The van der Waals surface area contributed by atoms with Gasteiger partial charge in [0.2, 0.25) is 0 Å². The van der Waals surface area contributed by atoms with Crippen molar-refractivity contribution in [3.63, 3.8) is 0 Å². The molecule has 0 saturated carbocycles. The Bertz CT molecular complexity index is 541. The highest BCUT2D eigenvalue weighted by molar-refractivity contribution is 9.10. The molecule has 0 bridgehead atoms. The van der Waals surface area contributed by atoms with Crippen LogP contribution < -0.4 is 11.3 Å². The van der Waals surface area contributed by atoms with Crippen molar-refractivity contribution in [1.82, 2.24) is 15.2 Å². The van der Waals surface area contributed by atoms with Gasteiger partial charge in [-0.05, 0) is 24.3 Å². The summed E-state index contributed by atoms with van der Waals surface area (Å²) >= 11 is 3.33. The van der Waals surface area contributed by atoms with E-state index < -0.39 is 0 Å². The van der Waals surface area contributed by atoms with E-state index in [1.165, 1.54) is 6.07 Å². The van der Waals surface area contributed by atoms with Gasteiger partial charge in [-0.15, -0.1) is 0 Å².